The van der Waals surface area contributed by atoms with Gasteiger partial charge in [-0.25, -0.2) is 9.78 Å². The number of rotatable bonds is 7. The molecule has 2 aromatic heterocycles. The number of ether oxygens (including phenoxy) is 1. The zero-order chi connectivity index (χ0) is 20.8. The third kappa shape index (κ3) is 4.91. The molecule has 0 saturated heterocycles. The maximum absolute atomic E-state index is 12.3. The van der Waals surface area contributed by atoms with Crippen LogP contribution >= 0.6 is 0 Å². The van der Waals surface area contributed by atoms with E-state index in [1.54, 1.807) is 24.5 Å². The van der Waals surface area contributed by atoms with Crippen molar-refractivity contribution in [1.29, 1.82) is 0 Å². The number of carbonyl (C=O) groups is 2. The van der Waals surface area contributed by atoms with E-state index in [0.717, 1.165) is 11.6 Å². The lowest BCUT2D eigenvalue weighted by atomic mass is 10.1. The van der Waals surface area contributed by atoms with Crippen LogP contribution in [0.3, 0.4) is 0 Å². The van der Waals surface area contributed by atoms with Crippen LogP contribution in [0.25, 0.3) is 11.4 Å². The lowest BCUT2D eigenvalue weighted by Gasteiger charge is -2.10. The van der Waals surface area contributed by atoms with Crippen LogP contribution in [0.1, 0.15) is 16.2 Å². The highest BCUT2D eigenvalue weighted by Crippen LogP contribution is 2.24. The van der Waals surface area contributed by atoms with Crippen molar-refractivity contribution in [3.8, 4) is 22.9 Å². The summed E-state index contributed by atoms with van der Waals surface area (Å²) >= 11 is 0. The van der Waals surface area contributed by atoms with Gasteiger partial charge in [-0.15, -0.1) is 0 Å². The lowest BCUT2D eigenvalue weighted by molar-refractivity contribution is -0.136. The first kappa shape index (κ1) is 19.9. The fraction of sp³-hybridized carbons (Fsp3) is 0.167. The van der Waals surface area contributed by atoms with E-state index in [2.05, 4.69) is 25.5 Å². The van der Waals surface area contributed by atoms with Gasteiger partial charge < -0.3 is 26.0 Å². The van der Waals surface area contributed by atoms with Crippen molar-refractivity contribution in [3.05, 3.63) is 54.1 Å². The highest BCUT2D eigenvalue weighted by molar-refractivity contribution is 5.97. The van der Waals surface area contributed by atoms with Crippen molar-refractivity contribution in [3.63, 3.8) is 0 Å². The minimum Gasteiger partial charge on any atom is -0.507 e. The largest absolute Gasteiger partial charge is 0.507 e. The van der Waals surface area contributed by atoms with Crippen LogP contribution in [0.2, 0.25) is 0 Å². The number of benzene rings is 1. The number of nitrogens with two attached hydrogens (primary N) is 1. The molecule has 0 aliphatic heterocycles. The molecule has 1 aromatic carbocycles. The summed E-state index contributed by atoms with van der Waals surface area (Å²) < 4.78 is 4.91. The van der Waals surface area contributed by atoms with Crippen molar-refractivity contribution in [1.82, 2.24) is 25.5 Å². The molecule has 1 atom stereocenters. The van der Waals surface area contributed by atoms with Crippen LogP contribution in [0.15, 0.2) is 42.7 Å². The number of amides is 1. The fourth-order valence-corrected chi connectivity index (χ4v) is 2.30. The van der Waals surface area contributed by atoms with Crippen LogP contribution in [0.5, 0.6) is 11.5 Å². The molecular formula is C18H18N6O5. The van der Waals surface area contributed by atoms with Gasteiger partial charge in [0.1, 0.15) is 23.4 Å². The Balaban J connectivity index is 1.61. The standard InChI is InChI=1S/C18H18N6O5/c19-13(9-25)18(28)29-11-1-2-12(14(26)7-11)17(27)21-8-15-22-16(24-23-15)10-3-5-20-6-4-10/h1-7,13,25-26H,8-9,19H2,(H,21,27)(H,22,23,24)/t13-/m0/s1. The second-order valence-electron chi connectivity index (χ2n) is 5.91. The molecule has 3 rings (SSSR count). The molecule has 0 radical (unpaired) electrons. The minimum atomic E-state index is -1.20. The normalized spacial score (nSPS) is 11.7. The number of phenolic OH excluding ortho intramolecular Hbond substituents is 1. The molecule has 0 fully saturated rings. The zero-order valence-corrected chi connectivity index (χ0v) is 15.1. The van der Waals surface area contributed by atoms with Crippen molar-refractivity contribution in [2.75, 3.05) is 6.61 Å². The Bertz CT molecular complexity index is 1010. The van der Waals surface area contributed by atoms with Gasteiger partial charge in [0.2, 0.25) is 0 Å². The van der Waals surface area contributed by atoms with Gasteiger partial charge in [0, 0.05) is 24.0 Å². The number of aromatic amines is 1. The number of H-pyrrole nitrogens is 1. The summed E-state index contributed by atoms with van der Waals surface area (Å²) in [6, 6.07) is 6.04. The SMILES string of the molecule is N[C@@H](CO)C(=O)Oc1ccc(C(=O)NCc2nc(-c3ccncc3)n[nH]2)c(O)c1. The molecule has 0 bridgehead atoms. The lowest BCUT2D eigenvalue weighted by Crippen LogP contribution is -2.37. The molecule has 0 spiro atoms. The van der Waals surface area contributed by atoms with Crippen molar-refractivity contribution in [2.45, 2.75) is 12.6 Å². The smallest absolute Gasteiger partial charge is 0.330 e. The van der Waals surface area contributed by atoms with Crippen molar-refractivity contribution < 1.29 is 24.5 Å². The van der Waals surface area contributed by atoms with Gasteiger partial charge in [-0.2, -0.15) is 5.10 Å². The third-order valence-corrected chi connectivity index (χ3v) is 3.82. The number of aromatic nitrogens is 4. The van der Waals surface area contributed by atoms with E-state index >= 15 is 0 Å². The zero-order valence-electron chi connectivity index (χ0n) is 15.1. The summed E-state index contributed by atoms with van der Waals surface area (Å²) in [7, 11) is 0. The number of phenols is 1. The van der Waals surface area contributed by atoms with Crippen LogP contribution in [-0.2, 0) is 11.3 Å². The van der Waals surface area contributed by atoms with Gasteiger partial charge in [-0.1, -0.05) is 0 Å². The van der Waals surface area contributed by atoms with Gasteiger partial charge in [-0.3, -0.25) is 14.9 Å². The number of hydrogen-bond donors (Lipinski definition) is 5. The molecule has 0 unspecified atom stereocenters. The Morgan fingerprint density at radius 1 is 1.24 bits per heavy atom. The van der Waals surface area contributed by atoms with E-state index in [1.807, 2.05) is 0 Å². The summed E-state index contributed by atoms with van der Waals surface area (Å²) in [5.41, 5.74) is 6.10. The number of hydrogen-bond acceptors (Lipinski definition) is 9. The predicted octanol–water partition coefficient (Wildman–Crippen LogP) is -0.273. The molecule has 150 valence electrons. The van der Waals surface area contributed by atoms with Crippen LogP contribution in [0.4, 0.5) is 0 Å². The van der Waals surface area contributed by atoms with Crippen molar-refractivity contribution >= 4 is 11.9 Å². The summed E-state index contributed by atoms with van der Waals surface area (Å²) in [5.74, 6) is -0.931. The highest BCUT2D eigenvalue weighted by atomic mass is 16.5. The summed E-state index contributed by atoms with van der Waals surface area (Å²) in [6.45, 7) is -0.520. The average molecular weight is 398 g/mol. The number of esters is 1. The van der Waals surface area contributed by atoms with Crippen LogP contribution < -0.4 is 15.8 Å². The molecular weight excluding hydrogens is 380 g/mol. The van der Waals surface area contributed by atoms with Gasteiger partial charge >= 0.3 is 5.97 Å². The van der Waals surface area contributed by atoms with E-state index in [1.165, 1.54) is 12.1 Å². The Hall–Kier alpha value is -3.83. The number of aliphatic hydroxyl groups is 1. The number of nitrogens with zero attached hydrogens (tertiary/aromatic N) is 3. The Kier molecular flexibility index (Phi) is 6.12. The Labute approximate surface area is 164 Å². The van der Waals surface area contributed by atoms with E-state index in [-0.39, 0.29) is 23.6 Å². The number of pyridine rings is 1. The maximum Gasteiger partial charge on any atom is 0.330 e. The first-order valence-electron chi connectivity index (χ1n) is 8.49. The monoisotopic (exact) mass is 398 g/mol. The number of aromatic hydroxyl groups is 1. The fourth-order valence-electron chi connectivity index (χ4n) is 2.30. The van der Waals surface area contributed by atoms with Crippen LogP contribution in [-0.4, -0.2) is 54.9 Å². The van der Waals surface area contributed by atoms with Gasteiger partial charge in [0.05, 0.1) is 18.7 Å². The molecule has 6 N–H and O–H groups in total. The quantitative estimate of drug-likeness (QED) is 0.265. The van der Waals surface area contributed by atoms with Crippen molar-refractivity contribution in [2.24, 2.45) is 5.73 Å². The molecule has 0 aliphatic carbocycles. The molecule has 29 heavy (non-hydrogen) atoms. The second-order valence-corrected chi connectivity index (χ2v) is 5.91. The number of carbonyl (C=O) groups excluding carboxylic acids is 2. The average Bonchev–Trinajstić information content (AvgIpc) is 3.21. The number of nitrogens with one attached hydrogen (secondary N) is 2. The van der Waals surface area contributed by atoms with Crippen LogP contribution in [0, 0.1) is 0 Å². The minimum absolute atomic E-state index is 0.00910. The molecule has 0 saturated carbocycles. The predicted molar refractivity (Wildman–Crippen MR) is 99.6 cm³/mol. The summed E-state index contributed by atoms with van der Waals surface area (Å²) in [4.78, 5) is 32.1. The topological polar surface area (TPSA) is 176 Å². The van der Waals surface area contributed by atoms with E-state index in [0.29, 0.717) is 11.6 Å². The van der Waals surface area contributed by atoms with Gasteiger partial charge in [0.15, 0.2) is 5.82 Å². The maximum atomic E-state index is 12.3. The van der Waals surface area contributed by atoms with Gasteiger partial charge in [-0.05, 0) is 24.3 Å². The molecule has 11 heteroatoms. The second kappa shape index (κ2) is 8.91. The molecule has 0 aliphatic rings. The highest BCUT2D eigenvalue weighted by Gasteiger charge is 2.17. The molecule has 3 aromatic rings. The number of aliphatic hydroxyl groups excluding tert-OH is 1. The summed E-state index contributed by atoms with van der Waals surface area (Å²) in [5, 5.41) is 28.3. The van der Waals surface area contributed by atoms with E-state index in [9.17, 15) is 14.7 Å². The third-order valence-electron chi connectivity index (χ3n) is 3.82. The van der Waals surface area contributed by atoms with Gasteiger partial charge in [0.25, 0.3) is 5.91 Å². The molecule has 2 heterocycles. The van der Waals surface area contributed by atoms with E-state index < -0.39 is 24.5 Å². The molecule has 11 nitrogen and oxygen atoms in total. The molecule has 1 amide bonds. The Morgan fingerprint density at radius 2 is 2.00 bits per heavy atom. The van der Waals surface area contributed by atoms with E-state index in [4.69, 9.17) is 15.6 Å². The Morgan fingerprint density at radius 3 is 2.69 bits per heavy atom. The summed E-state index contributed by atoms with van der Waals surface area (Å²) in [6.07, 6.45) is 3.24. The first-order chi connectivity index (χ1) is 14.0. The first-order valence-corrected chi connectivity index (χ1v) is 8.49.